The molecule has 3 amide bonds. The minimum atomic E-state index is -1.35. The van der Waals surface area contributed by atoms with E-state index in [9.17, 15) is 29.4 Å². The Morgan fingerprint density at radius 3 is 2.40 bits per heavy atom. The van der Waals surface area contributed by atoms with Crippen molar-refractivity contribution in [2.24, 2.45) is 11.5 Å². The molecular formula is C24H37N5O6. The van der Waals surface area contributed by atoms with Crippen molar-refractivity contribution in [2.75, 3.05) is 13.1 Å². The second kappa shape index (κ2) is 13.8. The number of rotatable bonds is 13. The summed E-state index contributed by atoms with van der Waals surface area (Å²) in [5.74, 6) is -2.99. The molecule has 11 heteroatoms. The number of hydrogen-bond donors (Lipinski definition) is 6. The summed E-state index contributed by atoms with van der Waals surface area (Å²) in [4.78, 5) is 51.5. The van der Waals surface area contributed by atoms with Gasteiger partial charge in [-0.2, -0.15) is 0 Å². The fraction of sp³-hybridized carbons (Fsp3) is 0.583. The highest BCUT2D eigenvalue weighted by molar-refractivity contribution is 5.94. The second-order valence-electron chi connectivity index (χ2n) is 8.90. The number of nitrogens with one attached hydrogen (secondary N) is 2. The molecule has 5 unspecified atom stereocenters. The van der Waals surface area contributed by atoms with Gasteiger partial charge in [-0.1, -0.05) is 30.3 Å². The Bertz CT molecular complexity index is 865. The molecule has 1 aromatic rings. The van der Waals surface area contributed by atoms with Gasteiger partial charge in [0.15, 0.2) is 0 Å². The summed E-state index contributed by atoms with van der Waals surface area (Å²) in [7, 11) is 0. The highest BCUT2D eigenvalue weighted by Gasteiger charge is 2.40. The maximum absolute atomic E-state index is 13.1. The molecule has 0 aromatic heterocycles. The van der Waals surface area contributed by atoms with E-state index < -0.39 is 54.0 Å². The molecule has 0 bridgehead atoms. The molecule has 1 saturated heterocycles. The molecule has 194 valence electrons. The van der Waals surface area contributed by atoms with Crippen molar-refractivity contribution in [3.05, 3.63) is 35.9 Å². The molecule has 11 nitrogen and oxygen atoms in total. The number of hydrogen-bond acceptors (Lipinski definition) is 7. The third kappa shape index (κ3) is 8.30. The number of unbranched alkanes of at least 4 members (excludes halogenated alkanes) is 1. The number of aliphatic carboxylic acids is 1. The van der Waals surface area contributed by atoms with Crippen molar-refractivity contribution in [3.63, 3.8) is 0 Å². The average Bonchev–Trinajstić information content (AvgIpc) is 3.32. The van der Waals surface area contributed by atoms with Crippen LogP contribution in [0.5, 0.6) is 0 Å². The standard InChI is InChI=1S/C24H37N5O6/c1-15(30)20(23(33)29-13-7-11-19(29)24(34)35)28-22(32)18(10-5-6-12-25)27-21(31)17(26)14-16-8-3-2-4-9-16/h2-4,8-9,15,17-20,30H,5-7,10-14,25-26H2,1H3,(H,27,31)(H,28,32)(H,34,35). The Hall–Kier alpha value is -3.02. The van der Waals surface area contributed by atoms with Crippen LogP contribution in [-0.2, 0) is 25.6 Å². The van der Waals surface area contributed by atoms with Gasteiger partial charge >= 0.3 is 5.97 Å². The monoisotopic (exact) mass is 491 g/mol. The van der Waals surface area contributed by atoms with E-state index in [-0.39, 0.29) is 19.4 Å². The van der Waals surface area contributed by atoms with Crippen LogP contribution < -0.4 is 22.1 Å². The van der Waals surface area contributed by atoms with E-state index in [1.54, 1.807) is 0 Å². The van der Waals surface area contributed by atoms with E-state index in [1.807, 2.05) is 30.3 Å². The Kier molecular flexibility index (Phi) is 11.1. The molecule has 35 heavy (non-hydrogen) atoms. The number of aliphatic hydroxyl groups excluding tert-OH is 1. The summed E-state index contributed by atoms with van der Waals surface area (Å²) in [5.41, 5.74) is 12.5. The van der Waals surface area contributed by atoms with Crippen LogP contribution in [0.25, 0.3) is 0 Å². The SMILES string of the molecule is CC(O)C(NC(=O)C(CCCCN)NC(=O)C(N)Cc1ccccc1)C(=O)N1CCCC1C(=O)O. The maximum atomic E-state index is 13.1. The molecule has 0 spiro atoms. The molecule has 0 aliphatic carbocycles. The first kappa shape index (κ1) is 28.2. The first-order valence-electron chi connectivity index (χ1n) is 12.0. The van der Waals surface area contributed by atoms with Crippen LogP contribution >= 0.6 is 0 Å². The van der Waals surface area contributed by atoms with E-state index in [2.05, 4.69) is 10.6 Å². The van der Waals surface area contributed by atoms with Crippen LogP contribution in [0, 0.1) is 0 Å². The highest BCUT2D eigenvalue weighted by Crippen LogP contribution is 2.19. The smallest absolute Gasteiger partial charge is 0.326 e. The lowest BCUT2D eigenvalue weighted by atomic mass is 10.0. The van der Waals surface area contributed by atoms with Crippen LogP contribution in [0.15, 0.2) is 30.3 Å². The number of nitrogens with zero attached hydrogens (tertiary/aromatic N) is 1. The Morgan fingerprint density at radius 2 is 1.80 bits per heavy atom. The largest absolute Gasteiger partial charge is 0.480 e. The van der Waals surface area contributed by atoms with Gasteiger partial charge in [-0.15, -0.1) is 0 Å². The van der Waals surface area contributed by atoms with Gasteiger partial charge < -0.3 is 37.2 Å². The summed E-state index contributed by atoms with van der Waals surface area (Å²) in [6.07, 6.45) is 1.26. The maximum Gasteiger partial charge on any atom is 0.326 e. The minimum absolute atomic E-state index is 0.222. The van der Waals surface area contributed by atoms with E-state index in [4.69, 9.17) is 11.5 Å². The van der Waals surface area contributed by atoms with Gasteiger partial charge in [0.1, 0.15) is 18.1 Å². The Morgan fingerprint density at radius 1 is 1.11 bits per heavy atom. The molecule has 1 aliphatic rings. The number of amides is 3. The number of carboxylic acid groups (broad SMARTS) is 1. The van der Waals surface area contributed by atoms with E-state index in [0.717, 1.165) is 10.5 Å². The zero-order valence-corrected chi connectivity index (χ0v) is 20.1. The van der Waals surface area contributed by atoms with Crippen LogP contribution in [0.1, 0.15) is 44.6 Å². The highest BCUT2D eigenvalue weighted by atomic mass is 16.4. The lowest BCUT2D eigenvalue weighted by Gasteiger charge is -2.30. The predicted molar refractivity (Wildman–Crippen MR) is 129 cm³/mol. The van der Waals surface area contributed by atoms with Crippen LogP contribution in [0.2, 0.25) is 0 Å². The fourth-order valence-corrected chi connectivity index (χ4v) is 4.11. The number of carboxylic acids is 1. The summed E-state index contributed by atoms with van der Waals surface area (Å²) in [5, 5.41) is 24.8. The van der Waals surface area contributed by atoms with Gasteiger partial charge in [-0.05, 0) is 57.6 Å². The number of nitrogens with two attached hydrogens (primary N) is 2. The quantitative estimate of drug-likeness (QED) is 0.192. The van der Waals surface area contributed by atoms with Crippen molar-refractivity contribution >= 4 is 23.7 Å². The zero-order valence-electron chi connectivity index (χ0n) is 20.1. The molecule has 1 heterocycles. The van der Waals surface area contributed by atoms with Crippen LogP contribution in [-0.4, -0.2) is 82.2 Å². The lowest BCUT2D eigenvalue weighted by Crippen LogP contribution is -2.60. The fourth-order valence-electron chi connectivity index (χ4n) is 4.11. The van der Waals surface area contributed by atoms with E-state index in [1.165, 1.54) is 6.92 Å². The molecule has 1 fully saturated rings. The van der Waals surface area contributed by atoms with Crippen LogP contribution in [0.4, 0.5) is 0 Å². The molecule has 5 atom stereocenters. The summed E-state index contributed by atoms with van der Waals surface area (Å²) >= 11 is 0. The van der Waals surface area contributed by atoms with E-state index >= 15 is 0 Å². The first-order chi connectivity index (χ1) is 16.6. The normalized spacial score (nSPS) is 18.9. The zero-order chi connectivity index (χ0) is 26.0. The third-order valence-corrected chi connectivity index (χ3v) is 6.08. The van der Waals surface area contributed by atoms with Gasteiger partial charge in [0.25, 0.3) is 0 Å². The number of aliphatic hydroxyl groups is 1. The number of carbonyl (C=O) groups excluding carboxylic acids is 3. The number of benzene rings is 1. The predicted octanol–water partition coefficient (Wildman–Crippen LogP) is -0.889. The molecule has 0 radical (unpaired) electrons. The molecule has 1 aliphatic heterocycles. The van der Waals surface area contributed by atoms with Gasteiger partial charge in [-0.3, -0.25) is 14.4 Å². The average molecular weight is 492 g/mol. The third-order valence-electron chi connectivity index (χ3n) is 6.08. The van der Waals surface area contributed by atoms with Crippen molar-refractivity contribution in [1.29, 1.82) is 0 Å². The molecular weight excluding hydrogens is 454 g/mol. The van der Waals surface area contributed by atoms with Crippen molar-refractivity contribution in [2.45, 2.75) is 75.7 Å². The van der Waals surface area contributed by atoms with Crippen molar-refractivity contribution in [3.8, 4) is 0 Å². The van der Waals surface area contributed by atoms with Crippen molar-refractivity contribution in [1.82, 2.24) is 15.5 Å². The van der Waals surface area contributed by atoms with E-state index in [0.29, 0.717) is 32.2 Å². The summed E-state index contributed by atoms with van der Waals surface area (Å²) in [6, 6.07) is 4.98. The topological polar surface area (TPSA) is 188 Å². The Labute approximate surface area is 205 Å². The van der Waals surface area contributed by atoms with Gasteiger partial charge in [0.2, 0.25) is 17.7 Å². The molecule has 8 N–H and O–H groups in total. The summed E-state index contributed by atoms with van der Waals surface area (Å²) < 4.78 is 0. The first-order valence-corrected chi connectivity index (χ1v) is 12.0. The summed E-state index contributed by atoms with van der Waals surface area (Å²) in [6.45, 7) is 1.97. The molecule has 1 aromatic carbocycles. The second-order valence-corrected chi connectivity index (χ2v) is 8.90. The van der Waals surface area contributed by atoms with Gasteiger partial charge in [0.05, 0.1) is 12.1 Å². The number of carbonyl (C=O) groups is 4. The molecule has 2 rings (SSSR count). The van der Waals surface area contributed by atoms with Gasteiger partial charge in [-0.25, -0.2) is 4.79 Å². The minimum Gasteiger partial charge on any atom is -0.480 e. The molecule has 0 saturated carbocycles. The number of likely N-dealkylation sites (tertiary alicyclic amines) is 1. The van der Waals surface area contributed by atoms with Gasteiger partial charge in [0, 0.05) is 6.54 Å². The lowest BCUT2D eigenvalue weighted by molar-refractivity contribution is -0.150. The van der Waals surface area contributed by atoms with Crippen LogP contribution in [0.3, 0.4) is 0 Å². The van der Waals surface area contributed by atoms with Crippen molar-refractivity contribution < 1.29 is 29.4 Å². The Balaban J connectivity index is 2.10.